The van der Waals surface area contributed by atoms with Crippen molar-refractivity contribution in [2.24, 2.45) is 0 Å². The van der Waals surface area contributed by atoms with Crippen LogP contribution in [0.25, 0.3) is 33.0 Å². The highest BCUT2D eigenvalue weighted by molar-refractivity contribution is 5.93. The topological polar surface area (TPSA) is 9.72 Å². The predicted octanol–water partition coefficient (Wildman–Crippen LogP) is 17.5. The molecule has 0 radical (unpaired) electrons. The molecule has 10 aromatic rings. The van der Waals surface area contributed by atoms with Crippen LogP contribution < -0.4 is 14.7 Å². The average Bonchev–Trinajstić information content (AvgIpc) is 3.59. The molecule has 0 spiro atoms. The van der Waals surface area contributed by atoms with E-state index in [1.165, 1.54) is 49.7 Å². The quantitative estimate of drug-likeness (QED) is 0.136. The Kier molecular flexibility index (Phi) is 10.1. The zero-order chi connectivity index (χ0) is 43.9. The maximum Gasteiger partial charge on any atom is 0.0503 e. The van der Waals surface area contributed by atoms with E-state index in [1.54, 1.807) is 0 Å². The van der Waals surface area contributed by atoms with Gasteiger partial charge in [-0.1, -0.05) is 159 Å². The Hall–Kier alpha value is -8.14. The van der Waals surface area contributed by atoms with E-state index in [0.29, 0.717) is 0 Å². The number of anilines is 9. The molecule has 0 saturated carbocycles. The molecule has 0 heterocycles. The van der Waals surface area contributed by atoms with Crippen molar-refractivity contribution in [3.8, 4) is 22.3 Å². The SMILES string of the molecule is Cc1cccc2c1-c1ccc(-c3ccc(N(c4ccccc4)c4cc(N(c5ccccc5)c5ccccc5)cc(N(c5ccccc5)c5ccc6ccccc6c5)c4)cc3)cc1C2(C)C. The summed E-state index contributed by atoms with van der Waals surface area (Å²) in [6.07, 6.45) is 0. The minimum Gasteiger partial charge on any atom is -0.310 e. The molecule has 0 fully saturated rings. The standard InChI is InChI=1S/C62H49N3/c1-44-19-18-30-59-61(44)58-38-34-48(40-60(58)62(59,2)3)46-31-35-53(36-32-46)64(51-26-12-6-13-27-51)56-41-55(63(49-22-8-4-9-23-49)50-24-10-5-11-25-50)42-57(43-56)65(52-28-14-7-15-29-52)54-37-33-45-20-16-17-21-47(45)39-54/h4-43H,1-3H3. The van der Waals surface area contributed by atoms with Crippen molar-refractivity contribution < 1.29 is 0 Å². The molecule has 11 rings (SSSR count). The number of aryl methyl sites for hydroxylation is 1. The molecule has 0 amide bonds. The first-order chi connectivity index (χ1) is 31.9. The first kappa shape index (κ1) is 39.7. The maximum absolute atomic E-state index is 2.42. The summed E-state index contributed by atoms with van der Waals surface area (Å²) < 4.78 is 0. The Morgan fingerprint density at radius 2 is 0.723 bits per heavy atom. The van der Waals surface area contributed by atoms with Crippen molar-refractivity contribution in [3.05, 3.63) is 259 Å². The number of nitrogens with zero attached hydrogens (tertiary/aromatic N) is 3. The second-order valence-electron chi connectivity index (χ2n) is 17.5. The summed E-state index contributed by atoms with van der Waals surface area (Å²) in [7, 11) is 0. The van der Waals surface area contributed by atoms with Gasteiger partial charge >= 0.3 is 0 Å². The molecule has 0 N–H and O–H groups in total. The Morgan fingerprint density at radius 3 is 1.25 bits per heavy atom. The van der Waals surface area contributed by atoms with Crippen molar-refractivity contribution in [2.75, 3.05) is 14.7 Å². The summed E-state index contributed by atoms with van der Waals surface area (Å²) in [5.41, 5.74) is 18.7. The third-order valence-electron chi connectivity index (χ3n) is 13.1. The van der Waals surface area contributed by atoms with Gasteiger partial charge in [0, 0.05) is 39.5 Å². The van der Waals surface area contributed by atoms with Crippen LogP contribution in [-0.4, -0.2) is 0 Å². The number of hydrogen-bond donors (Lipinski definition) is 0. The fraction of sp³-hybridized carbons (Fsp3) is 0.0645. The normalized spacial score (nSPS) is 12.4. The third-order valence-corrected chi connectivity index (χ3v) is 13.1. The zero-order valence-electron chi connectivity index (χ0n) is 36.9. The molecule has 3 nitrogen and oxygen atoms in total. The molecule has 0 saturated heterocycles. The van der Waals surface area contributed by atoms with Gasteiger partial charge in [0.05, 0.1) is 17.1 Å². The van der Waals surface area contributed by atoms with E-state index in [0.717, 1.165) is 51.2 Å². The van der Waals surface area contributed by atoms with Gasteiger partial charge in [0.15, 0.2) is 0 Å². The summed E-state index contributed by atoms with van der Waals surface area (Å²) in [5.74, 6) is 0. The van der Waals surface area contributed by atoms with Crippen molar-refractivity contribution >= 4 is 62.0 Å². The van der Waals surface area contributed by atoms with Gasteiger partial charge in [0.25, 0.3) is 0 Å². The second kappa shape index (κ2) is 16.5. The number of para-hydroxylation sites is 4. The third kappa shape index (κ3) is 7.31. The Labute approximate surface area is 382 Å². The molecule has 0 aliphatic heterocycles. The van der Waals surface area contributed by atoms with E-state index in [2.05, 4.69) is 278 Å². The Morgan fingerprint density at radius 1 is 0.292 bits per heavy atom. The van der Waals surface area contributed by atoms with Crippen LogP contribution in [0.15, 0.2) is 243 Å². The predicted molar refractivity (Wildman–Crippen MR) is 276 cm³/mol. The smallest absolute Gasteiger partial charge is 0.0503 e. The lowest BCUT2D eigenvalue weighted by Crippen LogP contribution is -2.16. The summed E-state index contributed by atoms with van der Waals surface area (Å²) in [5, 5.41) is 2.40. The van der Waals surface area contributed by atoms with Crippen molar-refractivity contribution in [1.29, 1.82) is 0 Å². The van der Waals surface area contributed by atoms with Crippen LogP contribution in [0.2, 0.25) is 0 Å². The van der Waals surface area contributed by atoms with Gasteiger partial charge in [-0.25, -0.2) is 0 Å². The highest BCUT2D eigenvalue weighted by Crippen LogP contribution is 2.51. The summed E-state index contributed by atoms with van der Waals surface area (Å²) in [6.45, 7) is 6.96. The van der Waals surface area contributed by atoms with Crippen LogP contribution in [0.1, 0.15) is 30.5 Å². The number of rotatable bonds is 10. The monoisotopic (exact) mass is 835 g/mol. The summed E-state index contributed by atoms with van der Waals surface area (Å²) in [4.78, 5) is 7.13. The van der Waals surface area contributed by atoms with Gasteiger partial charge in [0.1, 0.15) is 0 Å². The van der Waals surface area contributed by atoms with Gasteiger partial charge in [-0.3, -0.25) is 0 Å². The minimum atomic E-state index is -0.0761. The average molecular weight is 836 g/mol. The van der Waals surface area contributed by atoms with Crippen LogP contribution in [0.5, 0.6) is 0 Å². The molecular formula is C62H49N3. The van der Waals surface area contributed by atoms with Crippen LogP contribution >= 0.6 is 0 Å². The molecule has 1 aliphatic rings. The fourth-order valence-corrected chi connectivity index (χ4v) is 9.89. The lowest BCUT2D eigenvalue weighted by Gasteiger charge is -2.33. The first-order valence-electron chi connectivity index (χ1n) is 22.5. The largest absolute Gasteiger partial charge is 0.310 e. The van der Waals surface area contributed by atoms with Crippen molar-refractivity contribution in [3.63, 3.8) is 0 Å². The van der Waals surface area contributed by atoms with Crippen LogP contribution in [-0.2, 0) is 5.41 Å². The Bertz CT molecular complexity index is 3250. The van der Waals surface area contributed by atoms with Crippen molar-refractivity contribution in [2.45, 2.75) is 26.2 Å². The molecule has 0 aromatic heterocycles. The highest BCUT2D eigenvalue weighted by atomic mass is 15.2. The number of benzene rings is 10. The van der Waals surface area contributed by atoms with Gasteiger partial charge in [-0.05, 0) is 154 Å². The number of hydrogen-bond acceptors (Lipinski definition) is 3. The maximum atomic E-state index is 2.42. The molecule has 1 aliphatic carbocycles. The Balaban J connectivity index is 1.10. The van der Waals surface area contributed by atoms with Gasteiger partial charge in [-0.2, -0.15) is 0 Å². The van der Waals surface area contributed by atoms with E-state index in [1.807, 2.05) is 0 Å². The molecule has 0 bridgehead atoms. The lowest BCUT2D eigenvalue weighted by molar-refractivity contribution is 0.660. The lowest BCUT2D eigenvalue weighted by atomic mass is 9.81. The minimum absolute atomic E-state index is 0.0761. The molecule has 65 heavy (non-hydrogen) atoms. The molecule has 0 unspecified atom stereocenters. The van der Waals surface area contributed by atoms with Gasteiger partial charge < -0.3 is 14.7 Å². The van der Waals surface area contributed by atoms with E-state index >= 15 is 0 Å². The van der Waals surface area contributed by atoms with E-state index in [9.17, 15) is 0 Å². The van der Waals surface area contributed by atoms with E-state index in [4.69, 9.17) is 0 Å². The van der Waals surface area contributed by atoms with E-state index in [-0.39, 0.29) is 5.41 Å². The van der Waals surface area contributed by atoms with Crippen molar-refractivity contribution in [1.82, 2.24) is 0 Å². The molecule has 3 heteroatoms. The molecule has 312 valence electrons. The van der Waals surface area contributed by atoms with Crippen LogP contribution in [0.4, 0.5) is 51.2 Å². The molecular weight excluding hydrogens is 787 g/mol. The van der Waals surface area contributed by atoms with Crippen LogP contribution in [0.3, 0.4) is 0 Å². The fourth-order valence-electron chi connectivity index (χ4n) is 9.89. The van der Waals surface area contributed by atoms with Gasteiger partial charge in [-0.15, -0.1) is 0 Å². The first-order valence-corrected chi connectivity index (χ1v) is 22.5. The number of fused-ring (bicyclic) bond motifs is 4. The second-order valence-corrected chi connectivity index (χ2v) is 17.5. The molecule has 10 aromatic carbocycles. The summed E-state index contributed by atoms with van der Waals surface area (Å²) in [6, 6.07) is 88.0. The van der Waals surface area contributed by atoms with Gasteiger partial charge in [0.2, 0.25) is 0 Å². The summed E-state index contributed by atoms with van der Waals surface area (Å²) >= 11 is 0. The zero-order valence-corrected chi connectivity index (χ0v) is 36.9. The van der Waals surface area contributed by atoms with E-state index < -0.39 is 0 Å². The highest BCUT2D eigenvalue weighted by Gasteiger charge is 2.36. The van der Waals surface area contributed by atoms with Crippen LogP contribution in [0, 0.1) is 6.92 Å². The molecule has 0 atom stereocenters.